The monoisotopic (exact) mass is 550 g/mol. The van der Waals surface area contributed by atoms with Crippen molar-refractivity contribution in [1.82, 2.24) is 19.9 Å². The number of amides is 1. The van der Waals surface area contributed by atoms with E-state index in [1.165, 1.54) is 44.8 Å². The molecule has 39 heavy (non-hydrogen) atoms. The molecule has 0 aliphatic rings. The predicted molar refractivity (Wildman–Crippen MR) is 143 cm³/mol. The van der Waals surface area contributed by atoms with Crippen molar-refractivity contribution in [3.8, 4) is 34.5 Å². The van der Waals surface area contributed by atoms with E-state index in [9.17, 15) is 13.2 Å². The second kappa shape index (κ2) is 11.3. The number of ether oxygens (including phenoxy) is 3. The minimum Gasteiger partial charge on any atom is -0.493 e. The third-order valence-electron chi connectivity index (χ3n) is 5.51. The van der Waals surface area contributed by atoms with E-state index in [1.807, 2.05) is 13.8 Å². The molecule has 0 fully saturated rings. The molecule has 0 atom stereocenters. The molecule has 0 saturated heterocycles. The Hall–Kier alpha value is -4.78. The first-order chi connectivity index (χ1) is 18.6. The summed E-state index contributed by atoms with van der Waals surface area (Å²) >= 11 is 0. The number of nitrogens with zero attached hydrogens (tertiary/aromatic N) is 4. The van der Waals surface area contributed by atoms with Gasteiger partial charge in [-0.2, -0.15) is 13.4 Å². The van der Waals surface area contributed by atoms with Gasteiger partial charge in [-0.05, 0) is 41.8 Å². The lowest BCUT2D eigenvalue weighted by atomic mass is 10.1. The first kappa shape index (κ1) is 27.3. The highest BCUT2D eigenvalue weighted by molar-refractivity contribution is 7.92. The van der Waals surface area contributed by atoms with Gasteiger partial charge in [0.05, 0.1) is 14.2 Å². The van der Waals surface area contributed by atoms with Gasteiger partial charge in [0.25, 0.3) is 21.8 Å². The predicted octanol–water partition coefficient (Wildman–Crippen LogP) is 3.77. The molecular weight excluding hydrogens is 524 g/mol. The van der Waals surface area contributed by atoms with Crippen molar-refractivity contribution in [2.75, 3.05) is 18.9 Å². The van der Waals surface area contributed by atoms with Crippen LogP contribution in [0.5, 0.6) is 23.1 Å². The number of rotatable bonds is 10. The number of nitrogens with two attached hydrogens (primary N) is 1. The van der Waals surface area contributed by atoms with Crippen molar-refractivity contribution < 1.29 is 27.4 Å². The van der Waals surface area contributed by atoms with Crippen LogP contribution in [0.1, 0.15) is 35.8 Å². The lowest BCUT2D eigenvalue weighted by Gasteiger charge is -2.17. The summed E-state index contributed by atoms with van der Waals surface area (Å²) in [6.45, 7) is 3.95. The van der Waals surface area contributed by atoms with Gasteiger partial charge in [0.15, 0.2) is 28.2 Å². The Morgan fingerprint density at radius 3 is 2.33 bits per heavy atom. The minimum absolute atomic E-state index is 0.0185. The van der Waals surface area contributed by atoms with Crippen molar-refractivity contribution in [2.45, 2.75) is 24.8 Å². The van der Waals surface area contributed by atoms with E-state index in [-0.39, 0.29) is 45.7 Å². The Kier molecular flexibility index (Phi) is 7.91. The molecule has 4 aromatic rings. The summed E-state index contributed by atoms with van der Waals surface area (Å²) in [6.07, 6.45) is 2.86. The van der Waals surface area contributed by atoms with Crippen LogP contribution in [-0.4, -0.2) is 48.5 Å². The number of hydrogen-bond donors (Lipinski definition) is 2. The fourth-order valence-electron chi connectivity index (χ4n) is 3.45. The Labute approximate surface area is 225 Å². The van der Waals surface area contributed by atoms with Gasteiger partial charge in [0, 0.05) is 18.0 Å². The van der Waals surface area contributed by atoms with Gasteiger partial charge < -0.3 is 19.9 Å². The number of benzene rings is 1. The number of carbonyl (C=O) groups is 1. The molecule has 0 saturated carbocycles. The van der Waals surface area contributed by atoms with E-state index in [0.29, 0.717) is 11.3 Å². The third-order valence-corrected chi connectivity index (χ3v) is 6.77. The molecule has 202 valence electrons. The van der Waals surface area contributed by atoms with Gasteiger partial charge in [-0.1, -0.05) is 32.0 Å². The van der Waals surface area contributed by atoms with Crippen LogP contribution in [0, 0.1) is 0 Å². The molecule has 4 rings (SSSR count). The number of sulfonamides is 1. The number of para-hydroxylation sites is 2. The number of nitrogens with one attached hydrogen (secondary N) is 1. The molecule has 3 aromatic heterocycles. The van der Waals surface area contributed by atoms with Crippen molar-refractivity contribution in [3.63, 3.8) is 0 Å². The van der Waals surface area contributed by atoms with Crippen LogP contribution >= 0.6 is 0 Å². The average Bonchev–Trinajstić information content (AvgIpc) is 2.94. The Morgan fingerprint density at radius 1 is 0.974 bits per heavy atom. The normalized spacial score (nSPS) is 11.2. The Morgan fingerprint density at radius 2 is 1.72 bits per heavy atom. The van der Waals surface area contributed by atoms with Crippen LogP contribution in [0.15, 0.2) is 66.0 Å². The first-order valence-corrected chi connectivity index (χ1v) is 13.1. The summed E-state index contributed by atoms with van der Waals surface area (Å²) in [4.78, 5) is 28.5. The lowest BCUT2D eigenvalue weighted by Crippen LogP contribution is -2.17. The minimum atomic E-state index is -4.24. The Balaban J connectivity index is 1.86. The molecule has 0 unspecified atom stereocenters. The molecular formula is C26H26N6O6S. The largest absolute Gasteiger partial charge is 0.493 e. The maximum Gasteiger partial charge on any atom is 0.280 e. The zero-order valence-corrected chi connectivity index (χ0v) is 22.4. The van der Waals surface area contributed by atoms with Crippen LogP contribution in [0.4, 0.5) is 5.82 Å². The number of pyridine rings is 2. The van der Waals surface area contributed by atoms with Gasteiger partial charge in [0.2, 0.25) is 5.75 Å². The topological polar surface area (TPSA) is 169 Å². The maximum atomic E-state index is 13.4. The summed E-state index contributed by atoms with van der Waals surface area (Å²) in [7, 11) is -1.43. The van der Waals surface area contributed by atoms with Gasteiger partial charge >= 0.3 is 0 Å². The molecule has 0 aliphatic carbocycles. The van der Waals surface area contributed by atoms with Gasteiger partial charge in [-0.3, -0.25) is 14.5 Å². The van der Waals surface area contributed by atoms with Crippen molar-refractivity contribution >= 4 is 21.7 Å². The average molecular weight is 551 g/mol. The third kappa shape index (κ3) is 6.04. The smallest absolute Gasteiger partial charge is 0.280 e. The standard InChI is InChI=1S/C26H26N6O6S/c1-15(2)17-9-10-21(29-14-17)39(34,35)32-25-22(38-20-8-6-5-7-19(20)36-3)26(37-4)31-24(30-25)16-11-12-28-18(13-16)23(27)33/h5-15H,1-4H3,(H2,27,33)(H,30,31,32). The molecule has 3 heterocycles. The second-order valence-corrected chi connectivity index (χ2v) is 10.1. The molecule has 1 aromatic carbocycles. The zero-order chi connectivity index (χ0) is 28.2. The van der Waals surface area contributed by atoms with Crippen molar-refractivity contribution in [2.24, 2.45) is 5.73 Å². The number of hydrogen-bond acceptors (Lipinski definition) is 10. The zero-order valence-electron chi connectivity index (χ0n) is 21.6. The van der Waals surface area contributed by atoms with Gasteiger partial charge in [-0.25, -0.2) is 9.97 Å². The number of anilines is 1. The number of carbonyl (C=O) groups excluding carboxylic acids is 1. The number of primary amides is 1. The molecule has 0 spiro atoms. The van der Waals surface area contributed by atoms with E-state index in [2.05, 4.69) is 24.7 Å². The SMILES string of the molecule is COc1ccccc1Oc1c(NS(=O)(=O)c2ccc(C(C)C)cn2)nc(-c2ccnc(C(N)=O)c2)nc1OC. The second-order valence-electron chi connectivity index (χ2n) is 8.47. The van der Waals surface area contributed by atoms with Crippen LogP contribution in [-0.2, 0) is 10.0 Å². The van der Waals surface area contributed by atoms with Crippen LogP contribution in [0.3, 0.4) is 0 Å². The molecule has 12 nitrogen and oxygen atoms in total. The van der Waals surface area contributed by atoms with Crippen LogP contribution in [0.25, 0.3) is 11.4 Å². The summed E-state index contributed by atoms with van der Waals surface area (Å²) in [5.41, 5.74) is 6.55. The summed E-state index contributed by atoms with van der Waals surface area (Å²) < 4.78 is 46.0. The lowest BCUT2D eigenvalue weighted by molar-refractivity contribution is 0.0995. The van der Waals surface area contributed by atoms with E-state index in [1.54, 1.807) is 30.3 Å². The van der Waals surface area contributed by atoms with Crippen LogP contribution in [0.2, 0.25) is 0 Å². The van der Waals surface area contributed by atoms with E-state index in [0.717, 1.165) is 5.56 Å². The highest BCUT2D eigenvalue weighted by Gasteiger charge is 2.26. The molecule has 0 bridgehead atoms. The number of aromatic nitrogens is 4. The summed E-state index contributed by atoms with van der Waals surface area (Å²) in [6, 6.07) is 12.8. The summed E-state index contributed by atoms with van der Waals surface area (Å²) in [5, 5.41) is -0.228. The molecule has 13 heteroatoms. The summed E-state index contributed by atoms with van der Waals surface area (Å²) in [5.74, 6) is -0.390. The highest BCUT2D eigenvalue weighted by atomic mass is 32.2. The van der Waals surface area contributed by atoms with Crippen molar-refractivity contribution in [1.29, 1.82) is 0 Å². The molecule has 0 aliphatic heterocycles. The fourth-order valence-corrected chi connectivity index (χ4v) is 4.38. The Bertz CT molecular complexity index is 1610. The van der Waals surface area contributed by atoms with E-state index < -0.39 is 15.9 Å². The maximum absolute atomic E-state index is 13.4. The van der Waals surface area contributed by atoms with E-state index >= 15 is 0 Å². The quantitative estimate of drug-likeness (QED) is 0.296. The number of methoxy groups -OCH3 is 2. The molecule has 0 radical (unpaired) electrons. The molecule has 1 amide bonds. The van der Waals surface area contributed by atoms with E-state index in [4.69, 9.17) is 19.9 Å². The fraction of sp³-hybridized carbons (Fsp3) is 0.192. The highest BCUT2D eigenvalue weighted by Crippen LogP contribution is 2.41. The van der Waals surface area contributed by atoms with Crippen LogP contribution < -0.4 is 24.7 Å². The van der Waals surface area contributed by atoms with Gasteiger partial charge in [-0.15, -0.1) is 0 Å². The van der Waals surface area contributed by atoms with Crippen molar-refractivity contribution in [3.05, 3.63) is 72.2 Å². The van der Waals surface area contributed by atoms with Gasteiger partial charge in [0.1, 0.15) is 5.69 Å². The first-order valence-electron chi connectivity index (χ1n) is 11.6. The molecule has 3 N–H and O–H groups in total.